The second-order valence-electron chi connectivity index (χ2n) is 6.76. The molecule has 4 rings (SSSR count). The van der Waals surface area contributed by atoms with Crippen molar-refractivity contribution in [2.75, 3.05) is 16.3 Å². The van der Waals surface area contributed by atoms with Gasteiger partial charge in [0.15, 0.2) is 5.13 Å². The first kappa shape index (κ1) is 18.0. The summed E-state index contributed by atoms with van der Waals surface area (Å²) in [5.74, 6) is 0. The van der Waals surface area contributed by atoms with Crippen LogP contribution in [0.5, 0.6) is 0 Å². The molecular weight excluding hydrogens is 378 g/mol. The van der Waals surface area contributed by atoms with Crippen molar-refractivity contribution in [3.8, 4) is 11.3 Å². The molecule has 27 heavy (non-hydrogen) atoms. The van der Waals surface area contributed by atoms with Crippen molar-refractivity contribution < 1.29 is 8.42 Å². The average molecular weight is 400 g/mol. The molecule has 0 unspecified atom stereocenters. The molecule has 0 radical (unpaired) electrons. The summed E-state index contributed by atoms with van der Waals surface area (Å²) in [5.41, 5.74) is 6.38. The van der Waals surface area contributed by atoms with Gasteiger partial charge < -0.3 is 5.32 Å². The third-order valence-electron chi connectivity index (χ3n) is 4.63. The standard InChI is InChI=1S/C20H21N3O2S2/c1-27(24,25)23-16-11-9-15(10-12-16)19-13-26-20(22-19)21-18-8-4-6-14-5-2-3-7-17(14)18/h4,6,8-13,23H,2-3,5,7H2,1H3,(H,21,22). The van der Waals surface area contributed by atoms with Crippen LogP contribution in [0.3, 0.4) is 0 Å². The minimum absolute atomic E-state index is 0.547. The van der Waals surface area contributed by atoms with Crippen LogP contribution in [0.1, 0.15) is 24.0 Å². The van der Waals surface area contributed by atoms with Gasteiger partial charge in [0.2, 0.25) is 10.0 Å². The van der Waals surface area contributed by atoms with Crippen LogP contribution in [0.2, 0.25) is 0 Å². The van der Waals surface area contributed by atoms with E-state index in [0.717, 1.165) is 41.2 Å². The first-order valence-electron chi connectivity index (χ1n) is 8.89. The van der Waals surface area contributed by atoms with E-state index in [4.69, 9.17) is 4.98 Å². The monoisotopic (exact) mass is 399 g/mol. The molecule has 0 atom stereocenters. The Morgan fingerprint density at radius 1 is 1.04 bits per heavy atom. The Hall–Kier alpha value is -2.38. The summed E-state index contributed by atoms with van der Waals surface area (Å²) >= 11 is 1.57. The predicted molar refractivity (Wildman–Crippen MR) is 112 cm³/mol. The first-order valence-corrected chi connectivity index (χ1v) is 11.7. The van der Waals surface area contributed by atoms with E-state index in [0.29, 0.717) is 5.69 Å². The maximum absolute atomic E-state index is 11.3. The summed E-state index contributed by atoms with van der Waals surface area (Å²) < 4.78 is 25.1. The van der Waals surface area contributed by atoms with E-state index >= 15 is 0 Å². The molecule has 1 aromatic heterocycles. The Kier molecular flexibility index (Phi) is 4.88. The molecule has 0 saturated carbocycles. The fourth-order valence-corrected chi connectivity index (χ4v) is 4.70. The van der Waals surface area contributed by atoms with Gasteiger partial charge in [0.1, 0.15) is 0 Å². The van der Waals surface area contributed by atoms with Crippen molar-refractivity contribution >= 4 is 37.9 Å². The zero-order valence-electron chi connectivity index (χ0n) is 15.0. The molecule has 7 heteroatoms. The van der Waals surface area contributed by atoms with Crippen LogP contribution in [-0.4, -0.2) is 19.7 Å². The number of hydrogen-bond donors (Lipinski definition) is 2. The molecule has 5 nitrogen and oxygen atoms in total. The molecule has 0 aliphatic heterocycles. The Morgan fingerprint density at radius 2 is 1.81 bits per heavy atom. The van der Waals surface area contributed by atoms with E-state index < -0.39 is 10.0 Å². The maximum Gasteiger partial charge on any atom is 0.229 e. The van der Waals surface area contributed by atoms with Crippen molar-refractivity contribution in [2.45, 2.75) is 25.7 Å². The summed E-state index contributed by atoms with van der Waals surface area (Å²) in [6, 6.07) is 13.7. The van der Waals surface area contributed by atoms with Crippen LogP contribution in [0.4, 0.5) is 16.5 Å². The summed E-state index contributed by atoms with van der Waals surface area (Å²) in [7, 11) is -3.27. The van der Waals surface area contributed by atoms with Crippen LogP contribution in [0.15, 0.2) is 47.8 Å². The SMILES string of the molecule is CS(=O)(=O)Nc1ccc(-c2csc(Nc3cccc4c3CCCC4)n2)cc1. The van der Waals surface area contributed by atoms with Gasteiger partial charge in [-0.05, 0) is 55.0 Å². The van der Waals surface area contributed by atoms with Gasteiger partial charge in [-0.1, -0.05) is 24.3 Å². The van der Waals surface area contributed by atoms with Crippen LogP contribution in [0, 0.1) is 0 Å². The number of fused-ring (bicyclic) bond motifs is 1. The topological polar surface area (TPSA) is 71.1 Å². The zero-order valence-corrected chi connectivity index (χ0v) is 16.7. The largest absolute Gasteiger partial charge is 0.331 e. The fourth-order valence-electron chi connectivity index (χ4n) is 3.40. The highest BCUT2D eigenvalue weighted by molar-refractivity contribution is 7.92. The Labute approximate surface area is 163 Å². The molecule has 1 heterocycles. The molecule has 1 aliphatic rings. The molecule has 0 bridgehead atoms. The maximum atomic E-state index is 11.3. The number of thiazole rings is 1. The van der Waals surface area contributed by atoms with Crippen molar-refractivity contribution in [1.82, 2.24) is 4.98 Å². The minimum Gasteiger partial charge on any atom is -0.331 e. The molecule has 2 N–H and O–H groups in total. The van der Waals surface area contributed by atoms with E-state index in [1.54, 1.807) is 23.5 Å². The van der Waals surface area contributed by atoms with Crippen LogP contribution >= 0.6 is 11.3 Å². The Bertz CT molecular complexity index is 1060. The lowest BCUT2D eigenvalue weighted by Gasteiger charge is -2.19. The van der Waals surface area contributed by atoms with E-state index in [2.05, 4.69) is 28.2 Å². The number of nitrogens with zero attached hydrogens (tertiary/aromatic N) is 1. The number of aromatic nitrogens is 1. The second kappa shape index (κ2) is 7.32. The summed E-state index contributed by atoms with van der Waals surface area (Å²) in [6.07, 6.45) is 5.92. The molecule has 0 saturated heterocycles. The number of hydrogen-bond acceptors (Lipinski definition) is 5. The van der Waals surface area contributed by atoms with E-state index in [1.807, 2.05) is 17.5 Å². The lowest BCUT2D eigenvalue weighted by atomic mass is 9.90. The van der Waals surface area contributed by atoms with Gasteiger partial charge in [-0.25, -0.2) is 13.4 Å². The molecule has 1 aliphatic carbocycles. The number of nitrogens with one attached hydrogen (secondary N) is 2. The first-order chi connectivity index (χ1) is 13.0. The third-order valence-corrected chi connectivity index (χ3v) is 5.99. The van der Waals surface area contributed by atoms with Gasteiger partial charge in [-0.2, -0.15) is 0 Å². The van der Waals surface area contributed by atoms with Crippen molar-refractivity contribution in [1.29, 1.82) is 0 Å². The highest BCUT2D eigenvalue weighted by atomic mass is 32.2. The fraction of sp³-hybridized carbons (Fsp3) is 0.250. The lowest BCUT2D eigenvalue weighted by Crippen LogP contribution is -2.09. The van der Waals surface area contributed by atoms with Crippen LogP contribution < -0.4 is 10.0 Å². The second-order valence-corrected chi connectivity index (χ2v) is 9.37. The van der Waals surface area contributed by atoms with Crippen LogP contribution in [-0.2, 0) is 22.9 Å². The molecule has 140 valence electrons. The van der Waals surface area contributed by atoms with Gasteiger partial charge in [0.25, 0.3) is 0 Å². The zero-order chi connectivity index (χ0) is 18.9. The predicted octanol–water partition coefficient (Wildman–Crippen LogP) is 4.80. The van der Waals surface area contributed by atoms with Crippen molar-refractivity contribution in [3.63, 3.8) is 0 Å². The third kappa shape index (κ3) is 4.31. The molecule has 2 aromatic carbocycles. The quantitative estimate of drug-likeness (QED) is 0.646. The number of rotatable bonds is 5. The van der Waals surface area contributed by atoms with Gasteiger partial charge in [-0.3, -0.25) is 4.72 Å². The Morgan fingerprint density at radius 3 is 2.59 bits per heavy atom. The van der Waals surface area contributed by atoms with Crippen molar-refractivity contribution in [2.24, 2.45) is 0 Å². The highest BCUT2D eigenvalue weighted by Gasteiger charge is 2.14. The summed E-state index contributed by atoms with van der Waals surface area (Å²) in [4.78, 5) is 4.70. The normalized spacial score (nSPS) is 13.8. The van der Waals surface area contributed by atoms with E-state index in [9.17, 15) is 8.42 Å². The molecule has 0 amide bonds. The molecule has 3 aromatic rings. The van der Waals surface area contributed by atoms with E-state index in [-0.39, 0.29) is 0 Å². The van der Waals surface area contributed by atoms with Gasteiger partial charge >= 0.3 is 0 Å². The summed E-state index contributed by atoms with van der Waals surface area (Å²) in [5, 5.41) is 6.35. The number of benzene rings is 2. The van der Waals surface area contributed by atoms with Gasteiger partial charge in [0.05, 0.1) is 11.9 Å². The Balaban J connectivity index is 1.52. The van der Waals surface area contributed by atoms with Gasteiger partial charge in [0, 0.05) is 22.3 Å². The number of aryl methyl sites for hydroxylation is 1. The smallest absolute Gasteiger partial charge is 0.229 e. The lowest BCUT2D eigenvalue weighted by molar-refractivity contribution is 0.607. The van der Waals surface area contributed by atoms with Gasteiger partial charge in [-0.15, -0.1) is 11.3 Å². The molecule has 0 fully saturated rings. The number of sulfonamides is 1. The minimum atomic E-state index is -3.27. The summed E-state index contributed by atoms with van der Waals surface area (Å²) in [6.45, 7) is 0. The van der Waals surface area contributed by atoms with Crippen LogP contribution in [0.25, 0.3) is 11.3 Å². The average Bonchev–Trinajstić information content (AvgIpc) is 3.10. The van der Waals surface area contributed by atoms with Crippen molar-refractivity contribution in [3.05, 3.63) is 59.0 Å². The molecular formula is C20H21N3O2S2. The van der Waals surface area contributed by atoms with E-state index in [1.165, 1.54) is 24.0 Å². The molecule has 0 spiro atoms. The number of anilines is 3. The highest BCUT2D eigenvalue weighted by Crippen LogP contribution is 2.32.